The van der Waals surface area contributed by atoms with E-state index in [9.17, 15) is 16.8 Å². The van der Waals surface area contributed by atoms with Gasteiger partial charge in [-0.05, 0) is 61.8 Å². The number of aromatic nitrogens is 3. The van der Waals surface area contributed by atoms with E-state index in [1.807, 2.05) is 48.0 Å². The van der Waals surface area contributed by atoms with Gasteiger partial charge in [-0.3, -0.25) is 4.90 Å². The van der Waals surface area contributed by atoms with E-state index in [1.165, 1.54) is 0 Å². The smallest absolute Gasteiger partial charge is 0.243 e. The summed E-state index contributed by atoms with van der Waals surface area (Å²) in [4.78, 5) is 2.25. The monoisotopic (exact) mass is 658 g/mol. The summed E-state index contributed by atoms with van der Waals surface area (Å²) in [5.41, 5.74) is 2.55. The van der Waals surface area contributed by atoms with E-state index >= 15 is 0 Å². The average molecular weight is 659 g/mol. The maximum absolute atomic E-state index is 14.3. The van der Waals surface area contributed by atoms with E-state index in [0.29, 0.717) is 51.3 Å². The topological polar surface area (TPSA) is 109 Å². The van der Waals surface area contributed by atoms with Crippen LogP contribution in [0.1, 0.15) is 61.4 Å². The number of thioether (sulfide) groups is 1. The van der Waals surface area contributed by atoms with E-state index in [4.69, 9.17) is 0 Å². The molecule has 44 heavy (non-hydrogen) atoms. The molecule has 3 aliphatic heterocycles. The van der Waals surface area contributed by atoms with E-state index in [0.717, 1.165) is 72.8 Å². The molecule has 0 saturated carbocycles. The van der Waals surface area contributed by atoms with E-state index in [-0.39, 0.29) is 4.90 Å². The zero-order valence-electron chi connectivity index (χ0n) is 25.3. The summed E-state index contributed by atoms with van der Waals surface area (Å²) in [6.45, 7) is 3.24. The molecule has 2 aromatic carbocycles. The molecule has 238 valence electrons. The summed E-state index contributed by atoms with van der Waals surface area (Å²) < 4.78 is 61.0. The van der Waals surface area contributed by atoms with Crippen molar-refractivity contribution in [2.45, 2.75) is 66.8 Å². The predicted molar refractivity (Wildman–Crippen MR) is 173 cm³/mol. The molecule has 1 unspecified atom stereocenters. The first-order chi connectivity index (χ1) is 21.3. The number of benzene rings is 2. The van der Waals surface area contributed by atoms with Gasteiger partial charge in [-0.25, -0.2) is 21.1 Å². The van der Waals surface area contributed by atoms with Crippen molar-refractivity contribution in [3.8, 4) is 11.4 Å². The Morgan fingerprint density at radius 3 is 2.20 bits per heavy atom. The van der Waals surface area contributed by atoms with Gasteiger partial charge in [-0.2, -0.15) is 4.31 Å². The molecule has 6 rings (SSSR count). The molecular weight excluding hydrogens is 617 g/mol. The van der Waals surface area contributed by atoms with Gasteiger partial charge in [0.1, 0.15) is 0 Å². The molecule has 0 aliphatic carbocycles. The van der Waals surface area contributed by atoms with E-state index in [2.05, 4.69) is 15.1 Å². The summed E-state index contributed by atoms with van der Waals surface area (Å²) >= 11 is 1.61. The third-order valence-electron chi connectivity index (χ3n) is 8.98. The Balaban J connectivity index is 1.22. The zero-order chi connectivity index (χ0) is 30.7. The number of nitrogens with zero attached hydrogens (tertiary/aromatic N) is 6. The van der Waals surface area contributed by atoms with Crippen molar-refractivity contribution in [3.05, 3.63) is 59.7 Å². The highest BCUT2D eigenvalue weighted by Gasteiger charge is 2.42. The van der Waals surface area contributed by atoms with Gasteiger partial charge in [0, 0.05) is 57.6 Å². The fourth-order valence-corrected chi connectivity index (χ4v) is 11.1. The first kappa shape index (κ1) is 31.7. The first-order valence-electron chi connectivity index (χ1n) is 15.7. The predicted octanol–water partition coefficient (Wildman–Crippen LogP) is 4.51. The summed E-state index contributed by atoms with van der Waals surface area (Å²) in [5.74, 6) is 1.56. The van der Waals surface area contributed by atoms with Gasteiger partial charge in [0.05, 0.1) is 4.90 Å². The molecular formula is C31H42N6O4S3. The molecule has 0 bridgehead atoms. The third-order valence-corrected chi connectivity index (χ3v) is 14.2. The van der Waals surface area contributed by atoms with E-state index in [1.54, 1.807) is 32.5 Å². The van der Waals surface area contributed by atoms with Crippen LogP contribution < -0.4 is 0 Å². The summed E-state index contributed by atoms with van der Waals surface area (Å²) in [6.07, 6.45) is 6.90. The minimum absolute atomic E-state index is 0.200. The van der Waals surface area contributed by atoms with E-state index < -0.39 is 25.4 Å². The van der Waals surface area contributed by atoms with Gasteiger partial charge in [0.25, 0.3) is 0 Å². The Morgan fingerprint density at radius 1 is 0.818 bits per heavy atom. The first-order valence-corrected chi connectivity index (χ1v) is 19.6. The number of sulfonamides is 2. The van der Waals surface area contributed by atoms with Gasteiger partial charge in [0.15, 0.2) is 16.4 Å². The Morgan fingerprint density at radius 2 is 1.50 bits per heavy atom. The minimum atomic E-state index is -3.74. The van der Waals surface area contributed by atoms with Crippen molar-refractivity contribution >= 4 is 31.8 Å². The van der Waals surface area contributed by atoms with Crippen LogP contribution >= 0.6 is 11.8 Å². The molecule has 2 fully saturated rings. The number of rotatable bonds is 10. The van der Waals surface area contributed by atoms with Crippen molar-refractivity contribution < 1.29 is 16.8 Å². The summed E-state index contributed by atoms with van der Waals surface area (Å²) in [6, 6.07) is 15.1. The molecule has 4 heterocycles. The van der Waals surface area contributed by atoms with Crippen LogP contribution in [0, 0.1) is 0 Å². The van der Waals surface area contributed by atoms with Crippen LogP contribution in [0.4, 0.5) is 0 Å². The minimum Gasteiger partial charge on any atom is -0.305 e. The number of fused-ring (bicyclic) bond motifs is 1. The molecule has 1 atom stereocenters. The zero-order valence-corrected chi connectivity index (χ0v) is 27.8. The fourth-order valence-electron chi connectivity index (χ4n) is 6.57. The van der Waals surface area contributed by atoms with Gasteiger partial charge in [-0.1, -0.05) is 61.0 Å². The van der Waals surface area contributed by atoms with Gasteiger partial charge in [-0.15, -0.1) is 10.2 Å². The van der Waals surface area contributed by atoms with Gasteiger partial charge in [0.2, 0.25) is 20.0 Å². The molecule has 0 N–H and O–H groups in total. The molecule has 0 amide bonds. The largest absolute Gasteiger partial charge is 0.305 e. The van der Waals surface area contributed by atoms with Gasteiger partial charge >= 0.3 is 0 Å². The Bertz CT molecular complexity index is 1650. The van der Waals surface area contributed by atoms with Crippen LogP contribution in [0.25, 0.3) is 11.4 Å². The van der Waals surface area contributed by atoms with Crippen LogP contribution in [0.15, 0.2) is 58.6 Å². The lowest BCUT2D eigenvalue weighted by molar-refractivity contribution is 0.224. The SMILES string of the molecule is Cn1c(SCCCN2CCc3ccc(S(=O)(=O)N4CCCCC4)cc3C2S(=O)(=O)N2CCCCC2)nnc1-c1ccccc1. The van der Waals surface area contributed by atoms with Gasteiger partial charge < -0.3 is 4.57 Å². The maximum Gasteiger partial charge on any atom is 0.243 e. The molecule has 2 saturated heterocycles. The highest BCUT2D eigenvalue weighted by molar-refractivity contribution is 7.99. The number of hydrogen-bond donors (Lipinski definition) is 0. The fraction of sp³-hybridized carbons (Fsp3) is 0.548. The molecule has 0 radical (unpaired) electrons. The molecule has 0 spiro atoms. The van der Waals surface area contributed by atoms with Crippen LogP contribution in [0.3, 0.4) is 0 Å². The number of piperidine rings is 2. The average Bonchev–Trinajstić information content (AvgIpc) is 3.43. The highest BCUT2D eigenvalue weighted by atomic mass is 32.2. The maximum atomic E-state index is 14.3. The second-order valence-electron chi connectivity index (χ2n) is 11.9. The molecule has 3 aliphatic rings. The van der Waals surface area contributed by atoms with Crippen LogP contribution in [-0.4, -0.2) is 90.1 Å². The lowest BCUT2D eigenvalue weighted by atomic mass is 9.99. The molecule has 13 heteroatoms. The second-order valence-corrected chi connectivity index (χ2v) is 16.9. The second kappa shape index (κ2) is 13.6. The van der Waals surface area contributed by atoms with Crippen LogP contribution in [0.5, 0.6) is 0 Å². The standard InChI is InChI=1S/C31H42N6O4S3/c1-34-29(26-12-5-2-6-13-26)32-33-31(34)42-23-11-17-35-22-16-25-14-15-27(43(38,39)36-18-7-3-8-19-36)24-28(25)30(35)44(40,41)37-20-9-4-10-21-37/h2,5-6,12-15,24,30H,3-4,7-11,16-23H2,1H3. The Kier molecular flexibility index (Phi) is 9.79. The van der Waals surface area contributed by atoms with Crippen LogP contribution in [-0.2, 0) is 33.5 Å². The number of hydrogen-bond acceptors (Lipinski definition) is 8. The van der Waals surface area contributed by atoms with Crippen molar-refractivity contribution in [2.24, 2.45) is 7.05 Å². The Hall–Kier alpha value is -2.29. The quantitative estimate of drug-likeness (QED) is 0.231. The van der Waals surface area contributed by atoms with Crippen molar-refractivity contribution in [1.29, 1.82) is 0 Å². The highest BCUT2D eigenvalue weighted by Crippen LogP contribution is 2.39. The molecule has 10 nitrogen and oxygen atoms in total. The van der Waals surface area contributed by atoms with Crippen LogP contribution in [0.2, 0.25) is 0 Å². The summed E-state index contributed by atoms with van der Waals surface area (Å²) in [5, 5.41) is 8.69. The lowest BCUT2D eigenvalue weighted by Gasteiger charge is -2.40. The van der Waals surface area contributed by atoms with Crippen molar-refractivity contribution in [1.82, 2.24) is 28.3 Å². The molecule has 1 aromatic heterocycles. The van der Waals surface area contributed by atoms with Crippen molar-refractivity contribution in [2.75, 3.05) is 45.0 Å². The molecule has 3 aromatic rings. The summed E-state index contributed by atoms with van der Waals surface area (Å²) in [7, 11) is -5.47. The van der Waals surface area contributed by atoms with Crippen molar-refractivity contribution in [3.63, 3.8) is 0 Å². The normalized spacial score (nSPS) is 20.9. The Labute approximate surface area is 265 Å². The third kappa shape index (κ3) is 6.50. The lowest BCUT2D eigenvalue weighted by Crippen LogP contribution is -2.47.